The third-order valence-corrected chi connectivity index (χ3v) is 4.02. The van der Waals surface area contributed by atoms with Crippen LogP contribution in [0, 0.1) is 5.92 Å². The van der Waals surface area contributed by atoms with Crippen molar-refractivity contribution in [2.24, 2.45) is 5.92 Å². The number of rotatable bonds is 5. The smallest absolute Gasteiger partial charge is 0.229 e. The molecule has 1 atom stereocenters. The van der Waals surface area contributed by atoms with E-state index in [1.165, 1.54) is 0 Å². The SMILES string of the molecule is CC(C)CN1CCOC[C@@H]1c1cccc(NS(C)(=O)=O)c1. The topological polar surface area (TPSA) is 58.6 Å². The molecule has 0 aromatic heterocycles. The van der Waals surface area contributed by atoms with Gasteiger partial charge in [0.25, 0.3) is 0 Å². The van der Waals surface area contributed by atoms with Gasteiger partial charge in [-0.15, -0.1) is 0 Å². The number of anilines is 1. The van der Waals surface area contributed by atoms with Gasteiger partial charge in [0, 0.05) is 18.8 Å². The number of ether oxygens (including phenoxy) is 1. The molecule has 1 aromatic carbocycles. The summed E-state index contributed by atoms with van der Waals surface area (Å²) in [6, 6.07) is 7.75. The van der Waals surface area contributed by atoms with E-state index >= 15 is 0 Å². The van der Waals surface area contributed by atoms with E-state index in [1.807, 2.05) is 18.2 Å². The highest BCUT2D eigenvalue weighted by atomic mass is 32.2. The Morgan fingerprint density at radius 1 is 1.43 bits per heavy atom. The van der Waals surface area contributed by atoms with Gasteiger partial charge in [-0.05, 0) is 23.6 Å². The van der Waals surface area contributed by atoms with E-state index in [9.17, 15) is 8.42 Å². The molecule has 1 aliphatic heterocycles. The standard InChI is InChI=1S/C15H24N2O3S/c1-12(2)10-17-7-8-20-11-15(17)13-5-4-6-14(9-13)16-21(3,18)19/h4-6,9,12,15-16H,7-8,10-11H2,1-3H3/t15-/m1/s1. The second kappa shape index (κ2) is 6.77. The van der Waals surface area contributed by atoms with E-state index in [0.717, 1.165) is 31.5 Å². The van der Waals surface area contributed by atoms with E-state index in [-0.39, 0.29) is 6.04 Å². The highest BCUT2D eigenvalue weighted by Crippen LogP contribution is 2.27. The van der Waals surface area contributed by atoms with Gasteiger partial charge in [-0.1, -0.05) is 26.0 Å². The minimum Gasteiger partial charge on any atom is -0.378 e. The fourth-order valence-corrected chi connectivity index (χ4v) is 3.21. The van der Waals surface area contributed by atoms with Crippen LogP contribution in [0.25, 0.3) is 0 Å². The minimum absolute atomic E-state index is 0.183. The van der Waals surface area contributed by atoms with Crippen molar-refractivity contribution in [2.75, 3.05) is 37.3 Å². The maximum Gasteiger partial charge on any atom is 0.229 e. The molecule has 1 heterocycles. The van der Waals surface area contributed by atoms with Gasteiger partial charge in [0.2, 0.25) is 10.0 Å². The molecular formula is C15H24N2O3S. The normalized spacial score (nSPS) is 20.7. The Hall–Kier alpha value is -1.11. The Morgan fingerprint density at radius 3 is 2.86 bits per heavy atom. The highest BCUT2D eigenvalue weighted by molar-refractivity contribution is 7.92. The van der Waals surface area contributed by atoms with Crippen molar-refractivity contribution in [3.8, 4) is 0 Å². The molecule has 21 heavy (non-hydrogen) atoms. The van der Waals surface area contributed by atoms with Crippen LogP contribution in [-0.2, 0) is 14.8 Å². The van der Waals surface area contributed by atoms with Crippen LogP contribution in [0.3, 0.4) is 0 Å². The summed E-state index contributed by atoms with van der Waals surface area (Å²) in [5.74, 6) is 0.586. The average molecular weight is 312 g/mol. The van der Waals surface area contributed by atoms with E-state index in [2.05, 4.69) is 23.5 Å². The molecule has 0 spiro atoms. The third kappa shape index (κ3) is 4.98. The number of nitrogens with one attached hydrogen (secondary N) is 1. The molecule has 1 aliphatic rings. The lowest BCUT2D eigenvalue weighted by Gasteiger charge is -2.37. The van der Waals surface area contributed by atoms with Gasteiger partial charge in [-0.2, -0.15) is 0 Å². The summed E-state index contributed by atoms with van der Waals surface area (Å²) < 4.78 is 30.8. The predicted octanol–water partition coefficient (Wildman–Crippen LogP) is 2.09. The van der Waals surface area contributed by atoms with Gasteiger partial charge in [0.1, 0.15) is 0 Å². The lowest BCUT2D eigenvalue weighted by atomic mass is 10.0. The molecule has 1 fully saturated rings. The first-order chi connectivity index (χ1) is 9.85. The number of sulfonamides is 1. The molecule has 6 heteroatoms. The first-order valence-corrected chi connectivity index (χ1v) is 9.14. The Balaban J connectivity index is 2.20. The number of hydrogen-bond donors (Lipinski definition) is 1. The van der Waals surface area contributed by atoms with Gasteiger partial charge in [-0.3, -0.25) is 9.62 Å². The number of benzene rings is 1. The van der Waals surface area contributed by atoms with Crippen molar-refractivity contribution >= 4 is 15.7 Å². The first kappa shape index (κ1) is 16.3. The first-order valence-electron chi connectivity index (χ1n) is 7.24. The quantitative estimate of drug-likeness (QED) is 0.904. The molecule has 0 amide bonds. The summed E-state index contributed by atoms with van der Waals surface area (Å²) in [7, 11) is -3.25. The maximum absolute atomic E-state index is 11.4. The lowest BCUT2D eigenvalue weighted by Crippen LogP contribution is -2.41. The molecule has 1 aromatic rings. The summed E-state index contributed by atoms with van der Waals surface area (Å²) in [5.41, 5.74) is 1.69. The molecule has 1 saturated heterocycles. The van der Waals surface area contributed by atoms with Crippen molar-refractivity contribution in [2.45, 2.75) is 19.9 Å². The molecule has 0 bridgehead atoms. The van der Waals surface area contributed by atoms with Crippen LogP contribution in [0.5, 0.6) is 0 Å². The zero-order chi connectivity index (χ0) is 15.5. The van der Waals surface area contributed by atoms with E-state index in [4.69, 9.17) is 4.74 Å². The largest absolute Gasteiger partial charge is 0.378 e. The van der Waals surface area contributed by atoms with E-state index in [1.54, 1.807) is 6.07 Å². The van der Waals surface area contributed by atoms with E-state index in [0.29, 0.717) is 18.2 Å². The fourth-order valence-electron chi connectivity index (χ4n) is 2.66. The van der Waals surface area contributed by atoms with Crippen LogP contribution in [-0.4, -0.2) is 45.9 Å². The van der Waals surface area contributed by atoms with Crippen molar-refractivity contribution in [1.82, 2.24) is 4.90 Å². The molecule has 5 nitrogen and oxygen atoms in total. The Labute approximate surface area is 127 Å². The van der Waals surface area contributed by atoms with Crippen molar-refractivity contribution in [3.63, 3.8) is 0 Å². The molecule has 1 N–H and O–H groups in total. The van der Waals surface area contributed by atoms with Crippen molar-refractivity contribution in [1.29, 1.82) is 0 Å². The van der Waals surface area contributed by atoms with Crippen LogP contribution < -0.4 is 4.72 Å². The van der Waals surface area contributed by atoms with Gasteiger partial charge < -0.3 is 4.74 Å². The fraction of sp³-hybridized carbons (Fsp3) is 0.600. The van der Waals surface area contributed by atoms with Crippen LogP contribution in [0.1, 0.15) is 25.5 Å². The Morgan fingerprint density at radius 2 is 2.19 bits per heavy atom. The monoisotopic (exact) mass is 312 g/mol. The minimum atomic E-state index is -3.25. The van der Waals surface area contributed by atoms with Crippen LogP contribution in [0.4, 0.5) is 5.69 Å². The van der Waals surface area contributed by atoms with Gasteiger partial charge >= 0.3 is 0 Å². The van der Waals surface area contributed by atoms with Crippen LogP contribution in [0.15, 0.2) is 24.3 Å². The van der Waals surface area contributed by atoms with Crippen molar-refractivity contribution in [3.05, 3.63) is 29.8 Å². The summed E-state index contributed by atoms with van der Waals surface area (Å²) in [5, 5.41) is 0. The summed E-state index contributed by atoms with van der Waals surface area (Å²) in [4.78, 5) is 2.41. The summed E-state index contributed by atoms with van der Waals surface area (Å²) in [6.07, 6.45) is 1.16. The lowest BCUT2D eigenvalue weighted by molar-refractivity contribution is -0.0133. The molecular weight excluding hydrogens is 288 g/mol. The van der Waals surface area contributed by atoms with Crippen molar-refractivity contribution < 1.29 is 13.2 Å². The van der Waals surface area contributed by atoms with Crippen LogP contribution in [0.2, 0.25) is 0 Å². The zero-order valence-corrected chi connectivity index (χ0v) is 13.7. The molecule has 0 saturated carbocycles. The molecule has 0 radical (unpaired) electrons. The number of morpholine rings is 1. The molecule has 118 valence electrons. The van der Waals surface area contributed by atoms with Crippen LogP contribution >= 0.6 is 0 Å². The second-order valence-corrected chi connectivity index (χ2v) is 7.73. The highest BCUT2D eigenvalue weighted by Gasteiger charge is 2.25. The Kier molecular flexibility index (Phi) is 5.24. The van der Waals surface area contributed by atoms with E-state index < -0.39 is 10.0 Å². The zero-order valence-electron chi connectivity index (χ0n) is 12.9. The molecule has 0 aliphatic carbocycles. The maximum atomic E-state index is 11.4. The predicted molar refractivity (Wildman–Crippen MR) is 84.9 cm³/mol. The summed E-state index contributed by atoms with van der Waals surface area (Å²) >= 11 is 0. The number of hydrogen-bond acceptors (Lipinski definition) is 4. The van der Waals surface area contributed by atoms with Gasteiger partial charge in [0.05, 0.1) is 25.5 Å². The summed E-state index contributed by atoms with van der Waals surface area (Å²) in [6.45, 7) is 7.73. The van der Waals surface area contributed by atoms with Gasteiger partial charge in [-0.25, -0.2) is 8.42 Å². The van der Waals surface area contributed by atoms with Gasteiger partial charge in [0.15, 0.2) is 0 Å². The Bertz CT molecular complexity index is 572. The second-order valence-electron chi connectivity index (χ2n) is 5.98. The average Bonchev–Trinajstić information content (AvgIpc) is 2.37. The molecule has 0 unspecified atom stereocenters. The molecule has 2 rings (SSSR count). The third-order valence-electron chi connectivity index (χ3n) is 3.41. The number of nitrogens with zero attached hydrogens (tertiary/aromatic N) is 1.